The van der Waals surface area contributed by atoms with Crippen molar-refractivity contribution < 1.29 is 18.7 Å². The standard InChI is InChI=1S/C21H33N3O4S/c1-19-12-18(23-26)17(22-24-29(4,27)28)11-13(19)5-6-14-15(19)7-9-20(2)16(14)8-10-21(20,3)25/h11,14-16,24-26H,5-10,12H2,1-4H3/t14-,15-,16+,19+,20+,21?/m1/s1. The number of allylic oxidation sites excluding steroid dienone is 2. The third kappa shape index (κ3) is 3.14. The summed E-state index contributed by atoms with van der Waals surface area (Å²) in [5, 5.41) is 28.1. The van der Waals surface area contributed by atoms with Crippen LogP contribution >= 0.6 is 0 Å². The van der Waals surface area contributed by atoms with E-state index in [9.17, 15) is 18.7 Å². The Morgan fingerprint density at radius 1 is 1.14 bits per heavy atom. The van der Waals surface area contributed by atoms with Gasteiger partial charge >= 0.3 is 0 Å². The predicted octanol–water partition coefficient (Wildman–Crippen LogP) is 3.05. The largest absolute Gasteiger partial charge is 0.411 e. The van der Waals surface area contributed by atoms with Crippen molar-refractivity contribution in [1.82, 2.24) is 4.83 Å². The van der Waals surface area contributed by atoms with Gasteiger partial charge in [-0.05, 0) is 80.1 Å². The quantitative estimate of drug-likeness (QED) is 0.468. The zero-order chi connectivity index (χ0) is 21.2. The van der Waals surface area contributed by atoms with Crippen molar-refractivity contribution in [2.75, 3.05) is 6.26 Å². The lowest BCUT2D eigenvalue weighted by Gasteiger charge is -2.58. The summed E-state index contributed by atoms with van der Waals surface area (Å²) in [6.45, 7) is 6.55. The summed E-state index contributed by atoms with van der Waals surface area (Å²) in [5.74, 6) is 1.54. The van der Waals surface area contributed by atoms with Gasteiger partial charge in [-0.1, -0.05) is 24.6 Å². The van der Waals surface area contributed by atoms with E-state index < -0.39 is 15.6 Å². The lowest BCUT2D eigenvalue weighted by molar-refractivity contribution is -0.115. The van der Waals surface area contributed by atoms with Crippen LogP contribution in [0.3, 0.4) is 0 Å². The molecule has 6 atom stereocenters. The number of nitrogens with zero attached hydrogens (tertiary/aromatic N) is 2. The molecule has 0 bridgehead atoms. The highest BCUT2D eigenvalue weighted by molar-refractivity contribution is 7.88. The minimum atomic E-state index is -3.47. The molecule has 0 aromatic carbocycles. The van der Waals surface area contributed by atoms with Crippen LogP contribution < -0.4 is 4.83 Å². The Balaban J connectivity index is 1.68. The van der Waals surface area contributed by atoms with Crippen LogP contribution in [0.25, 0.3) is 0 Å². The number of hydrogen-bond acceptors (Lipinski definition) is 6. The first-order valence-corrected chi connectivity index (χ1v) is 12.5. The Kier molecular flexibility index (Phi) is 4.70. The maximum Gasteiger partial charge on any atom is 0.244 e. The molecule has 4 rings (SSSR count). The first kappa shape index (κ1) is 20.8. The second-order valence-corrected chi connectivity index (χ2v) is 12.1. The third-order valence-corrected chi connectivity index (χ3v) is 9.32. The molecule has 0 heterocycles. The molecule has 4 aliphatic carbocycles. The molecule has 0 amide bonds. The molecule has 0 saturated heterocycles. The molecule has 29 heavy (non-hydrogen) atoms. The van der Waals surface area contributed by atoms with E-state index in [-0.39, 0.29) is 10.8 Å². The second-order valence-electron chi connectivity index (χ2n) is 10.4. The molecule has 3 saturated carbocycles. The van der Waals surface area contributed by atoms with E-state index in [1.165, 1.54) is 5.57 Å². The fourth-order valence-electron chi connectivity index (χ4n) is 7.05. The summed E-state index contributed by atoms with van der Waals surface area (Å²) in [4.78, 5) is 2.16. The van der Waals surface area contributed by atoms with Gasteiger partial charge in [0.25, 0.3) is 0 Å². The lowest BCUT2D eigenvalue weighted by atomic mass is 9.46. The molecular weight excluding hydrogens is 390 g/mol. The Morgan fingerprint density at radius 3 is 2.48 bits per heavy atom. The number of hydrazone groups is 1. The van der Waals surface area contributed by atoms with E-state index in [0.717, 1.165) is 44.8 Å². The van der Waals surface area contributed by atoms with Crippen LogP contribution in [0, 0.1) is 28.6 Å². The summed E-state index contributed by atoms with van der Waals surface area (Å²) in [7, 11) is -3.47. The fourth-order valence-corrected chi connectivity index (χ4v) is 7.32. The van der Waals surface area contributed by atoms with Crippen LogP contribution in [0.4, 0.5) is 0 Å². The number of sulfonamides is 1. The van der Waals surface area contributed by atoms with Crippen molar-refractivity contribution in [3.63, 3.8) is 0 Å². The molecular formula is C21H33N3O4S. The number of fused-ring (bicyclic) bond motifs is 5. The SMILES string of the molecule is CC1(O)CC[C@H]2[C@@H]3CCC4=CC(=NNS(C)(=O)=O)C(=NO)C[C@]4(C)[C@@H]3CC[C@@]21C. The molecule has 7 nitrogen and oxygen atoms in total. The molecule has 162 valence electrons. The average Bonchev–Trinajstić information content (AvgIpc) is 2.88. The van der Waals surface area contributed by atoms with E-state index in [1.807, 2.05) is 13.0 Å². The Bertz CT molecular complexity index is 907. The van der Waals surface area contributed by atoms with Crippen molar-refractivity contribution in [1.29, 1.82) is 0 Å². The summed E-state index contributed by atoms with van der Waals surface area (Å²) < 4.78 is 22.9. The maximum absolute atomic E-state index is 11.4. The van der Waals surface area contributed by atoms with Gasteiger partial charge in [0.05, 0.1) is 11.9 Å². The van der Waals surface area contributed by atoms with Crippen molar-refractivity contribution in [3.8, 4) is 0 Å². The summed E-state index contributed by atoms with van der Waals surface area (Å²) in [6, 6.07) is 0. The highest BCUT2D eigenvalue weighted by atomic mass is 32.2. The number of hydrogen-bond donors (Lipinski definition) is 3. The predicted molar refractivity (Wildman–Crippen MR) is 112 cm³/mol. The molecule has 0 aromatic rings. The second kappa shape index (κ2) is 6.54. The smallest absolute Gasteiger partial charge is 0.244 e. The molecule has 3 N–H and O–H groups in total. The summed E-state index contributed by atoms with van der Waals surface area (Å²) in [6.07, 6.45) is 9.55. The van der Waals surface area contributed by atoms with Crippen LogP contribution in [-0.4, -0.2) is 42.0 Å². The van der Waals surface area contributed by atoms with Crippen LogP contribution in [0.5, 0.6) is 0 Å². The normalized spacial score (nSPS) is 47.3. The molecule has 1 unspecified atom stereocenters. The first-order chi connectivity index (χ1) is 13.4. The third-order valence-electron chi connectivity index (χ3n) is 8.89. The first-order valence-electron chi connectivity index (χ1n) is 10.6. The van der Waals surface area contributed by atoms with E-state index >= 15 is 0 Å². The zero-order valence-corrected chi connectivity index (χ0v) is 18.6. The van der Waals surface area contributed by atoms with Gasteiger partial charge in [-0.3, -0.25) is 0 Å². The van der Waals surface area contributed by atoms with Crippen LogP contribution in [0.2, 0.25) is 0 Å². The summed E-state index contributed by atoms with van der Waals surface area (Å²) in [5.41, 5.74) is 1.35. The Labute approximate surface area is 173 Å². The number of rotatable bonds is 2. The highest BCUT2D eigenvalue weighted by Gasteiger charge is 2.62. The topological polar surface area (TPSA) is 111 Å². The van der Waals surface area contributed by atoms with Crippen LogP contribution in [0.1, 0.15) is 65.7 Å². The minimum absolute atomic E-state index is 0.0274. The number of nitrogens with one attached hydrogen (secondary N) is 1. The zero-order valence-electron chi connectivity index (χ0n) is 17.8. The summed E-state index contributed by atoms with van der Waals surface area (Å²) >= 11 is 0. The molecule has 3 fully saturated rings. The number of oxime groups is 1. The van der Waals surface area contributed by atoms with Gasteiger partial charge in [-0.15, -0.1) is 0 Å². The van der Waals surface area contributed by atoms with Gasteiger partial charge in [0.2, 0.25) is 10.0 Å². The van der Waals surface area contributed by atoms with Gasteiger partial charge in [0.15, 0.2) is 0 Å². The Morgan fingerprint density at radius 2 is 1.83 bits per heavy atom. The van der Waals surface area contributed by atoms with Gasteiger partial charge in [0.1, 0.15) is 11.4 Å². The van der Waals surface area contributed by atoms with E-state index in [4.69, 9.17) is 0 Å². The molecule has 0 spiro atoms. The molecule has 8 heteroatoms. The van der Waals surface area contributed by atoms with E-state index in [1.54, 1.807) is 0 Å². The van der Waals surface area contributed by atoms with Gasteiger partial charge in [0, 0.05) is 6.42 Å². The number of aliphatic hydroxyl groups is 1. The molecule has 4 aliphatic rings. The lowest BCUT2D eigenvalue weighted by Crippen LogP contribution is -2.54. The molecule has 0 aromatic heterocycles. The monoisotopic (exact) mass is 423 g/mol. The van der Waals surface area contributed by atoms with Crippen molar-refractivity contribution in [2.45, 2.75) is 71.3 Å². The van der Waals surface area contributed by atoms with Crippen LogP contribution in [0.15, 0.2) is 21.9 Å². The van der Waals surface area contributed by atoms with Gasteiger partial charge in [-0.25, -0.2) is 13.2 Å². The van der Waals surface area contributed by atoms with Crippen molar-refractivity contribution in [3.05, 3.63) is 11.6 Å². The highest BCUT2D eigenvalue weighted by Crippen LogP contribution is 2.67. The Hall–Kier alpha value is -1.41. The van der Waals surface area contributed by atoms with Crippen molar-refractivity contribution in [2.24, 2.45) is 38.8 Å². The van der Waals surface area contributed by atoms with Gasteiger partial charge in [-0.2, -0.15) is 5.10 Å². The minimum Gasteiger partial charge on any atom is -0.411 e. The van der Waals surface area contributed by atoms with Crippen LogP contribution in [-0.2, 0) is 10.0 Å². The van der Waals surface area contributed by atoms with E-state index in [2.05, 4.69) is 28.9 Å². The average molecular weight is 424 g/mol. The maximum atomic E-state index is 11.4. The molecule has 0 radical (unpaired) electrons. The molecule has 0 aliphatic heterocycles. The van der Waals surface area contributed by atoms with E-state index in [0.29, 0.717) is 35.6 Å². The fraction of sp³-hybridized carbons (Fsp3) is 0.810. The van der Waals surface area contributed by atoms with Gasteiger partial charge < -0.3 is 10.3 Å². The van der Waals surface area contributed by atoms with Crippen molar-refractivity contribution >= 4 is 21.4 Å².